The van der Waals surface area contributed by atoms with Crippen molar-refractivity contribution in [2.45, 2.75) is 0 Å². The summed E-state index contributed by atoms with van der Waals surface area (Å²) in [7, 11) is 1.59. The first-order valence-electron chi connectivity index (χ1n) is 5.23. The van der Waals surface area contributed by atoms with E-state index in [0.717, 1.165) is 16.5 Å². The number of hydrogen-bond donors (Lipinski definition) is 2. The predicted molar refractivity (Wildman–Crippen MR) is 65.5 cm³/mol. The monoisotopic (exact) mass is 248 g/mol. The Kier molecular flexibility index (Phi) is 3.59. The highest BCUT2D eigenvalue weighted by molar-refractivity contribution is 5.92. The second-order valence-corrected chi connectivity index (χ2v) is 3.53. The summed E-state index contributed by atoms with van der Waals surface area (Å²) >= 11 is 0. The maximum atomic E-state index is 10.3. The molecule has 0 aliphatic carbocycles. The fraction of sp³-hybridized carbons (Fsp3) is 0.167. The Morgan fingerprint density at radius 1 is 1.44 bits per heavy atom. The molecule has 1 aromatic heterocycles. The molecular formula is C12H12N2O4. The number of nitrogens with one attached hydrogen (secondary N) is 1. The van der Waals surface area contributed by atoms with Gasteiger partial charge in [-0.1, -0.05) is 0 Å². The quantitative estimate of drug-likeness (QED) is 0.783. The number of rotatable bonds is 5. The van der Waals surface area contributed by atoms with Crippen LogP contribution in [0.2, 0.25) is 0 Å². The normalized spacial score (nSPS) is 10.3. The number of carbonyl (C=O) groups is 1. The van der Waals surface area contributed by atoms with Crippen LogP contribution >= 0.6 is 0 Å². The van der Waals surface area contributed by atoms with Gasteiger partial charge >= 0.3 is 5.97 Å². The van der Waals surface area contributed by atoms with E-state index < -0.39 is 12.6 Å². The molecule has 1 heterocycles. The van der Waals surface area contributed by atoms with Crippen molar-refractivity contribution < 1.29 is 19.5 Å². The van der Waals surface area contributed by atoms with E-state index in [1.807, 2.05) is 18.2 Å². The minimum Gasteiger partial charge on any atom is -0.497 e. The maximum Gasteiger partial charge on any atom is 0.332 e. The number of carboxylic acids is 1. The molecule has 0 fully saturated rings. The molecule has 18 heavy (non-hydrogen) atoms. The largest absolute Gasteiger partial charge is 0.497 e. The summed E-state index contributed by atoms with van der Waals surface area (Å²) in [6.45, 7) is -0.436. The number of nitrogens with zero attached hydrogens (tertiary/aromatic N) is 1. The molecule has 2 aromatic rings. The van der Waals surface area contributed by atoms with Crippen molar-refractivity contribution in [2.75, 3.05) is 19.2 Å². The zero-order valence-corrected chi connectivity index (χ0v) is 9.71. The van der Waals surface area contributed by atoms with Crippen molar-refractivity contribution in [3.05, 3.63) is 30.5 Å². The van der Waals surface area contributed by atoms with Crippen LogP contribution in [0.25, 0.3) is 10.8 Å². The lowest BCUT2D eigenvalue weighted by Crippen LogP contribution is -2.12. The van der Waals surface area contributed by atoms with Gasteiger partial charge in [0.15, 0.2) is 12.4 Å². The number of methoxy groups -OCH3 is 1. The van der Waals surface area contributed by atoms with E-state index in [1.54, 1.807) is 19.4 Å². The number of anilines is 1. The number of ether oxygens (including phenoxy) is 1. The standard InChI is InChI=1S/C12H12N2O4/c1-17-9-2-3-10-8(6-9)4-5-13-12(10)14-18-7-11(15)16/h2-6H,7H2,1H3,(H,13,14)(H,15,16). The Morgan fingerprint density at radius 3 is 3.00 bits per heavy atom. The SMILES string of the molecule is COc1ccc2c(NOCC(=O)O)nccc2c1. The molecule has 6 heteroatoms. The van der Waals surface area contributed by atoms with E-state index in [2.05, 4.69) is 10.5 Å². The van der Waals surface area contributed by atoms with Crippen LogP contribution in [0, 0.1) is 0 Å². The summed E-state index contributed by atoms with van der Waals surface area (Å²) in [6, 6.07) is 7.32. The van der Waals surface area contributed by atoms with Gasteiger partial charge in [-0.25, -0.2) is 15.3 Å². The van der Waals surface area contributed by atoms with Gasteiger partial charge in [0.05, 0.1) is 7.11 Å². The summed E-state index contributed by atoms with van der Waals surface area (Å²) in [6.07, 6.45) is 1.61. The number of aromatic nitrogens is 1. The number of carboxylic acid groups (broad SMARTS) is 1. The highest BCUT2D eigenvalue weighted by Crippen LogP contribution is 2.25. The van der Waals surface area contributed by atoms with Gasteiger partial charge in [-0.2, -0.15) is 0 Å². The van der Waals surface area contributed by atoms with E-state index in [0.29, 0.717) is 5.82 Å². The molecule has 0 amide bonds. The van der Waals surface area contributed by atoms with Crippen molar-refractivity contribution >= 4 is 22.6 Å². The first-order chi connectivity index (χ1) is 8.70. The Morgan fingerprint density at radius 2 is 2.28 bits per heavy atom. The fourth-order valence-electron chi connectivity index (χ4n) is 1.53. The third-order valence-corrected chi connectivity index (χ3v) is 2.34. The van der Waals surface area contributed by atoms with Crippen LogP contribution in [-0.4, -0.2) is 29.8 Å². The smallest absolute Gasteiger partial charge is 0.332 e. The molecule has 94 valence electrons. The lowest BCUT2D eigenvalue weighted by Gasteiger charge is -2.08. The van der Waals surface area contributed by atoms with Gasteiger partial charge in [0.25, 0.3) is 0 Å². The van der Waals surface area contributed by atoms with Crippen LogP contribution in [0.4, 0.5) is 5.82 Å². The molecule has 0 bridgehead atoms. The Labute approximate surface area is 103 Å². The molecule has 0 aliphatic heterocycles. The van der Waals surface area contributed by atoms with Crippen molar-refractivity contribution in [3.8, 4) is 5.75 Å². The van der Waals surface area contributed by atoms with Crippen LogP contribution in [0.1, 0.15) is 0 Å². The van der Waals surface area contributed by atoms with Crippen LogP contribution < -0.4 is 10.2 Å². The lowest BCUT2D eigenvalue weighted by atomic mass is 10.1. The van der Waals surface area contributed by atoms with E-state index in [4.69, 9.17) is 14.7 Å². The van der Waals surface area contributed by atoms with Crippen LogP contribution in [0.5, 0.6) is 5.75 Å². The Hall–Kier alpha value is -2.34. The van der Waals surface area contributed by atoms with Crippen molar-refractivity contribution in [1.29, 1.82) is 0 Å². The summed E-state index contributed by atoms with van der Waals surface area (Å²) in [4.78, 5) is 19.2. The zero-order valence-electron chi connectivity index (χ0n) is 9.71. The van der Waals surface area contributed by atoms with Crippen LogP contribution in [0.15, 0.2) is 30.5 Å². The summed E-state index contributed by atoms with van der Waals surface area (Å²) in [5.74, 6) is 0.159. The molecule has 0 atom stereocenters. The second kappa shape index (κ2) is 5.33. The van der Waals surface area contributed by atoms with Gasteiger partial charge in [0, 0.05) is 11.6 Å². The molecule has 0 unspecified atom stereocenters. The van der Waals surface area contributed by atoms with Crippen LogP contribution in [0.3, 0.4) is 0 Å². The molecule has 2 N–H and O–H groups in total. The predicted octanol–water partition coefficient (Wildman–Crippen LogP) is 1.67. The topological polar surface area (TPSA) is 80.7 Å². The van der Waals surface area contributed by atoms with Gasteiger partial charge < -0.3 is 9.84 Å². The van der Waals surface area contributed by atoms with Gasteiger partial charge in [-0.3, -0.25) is 4.84 Å². The molecule has 6 nitrogen and oxygen atoms in total. The van der Waals surface area contributed by atoms with Crippen LogP contribution in [-0.2, 0) is 9.63 Å². The average Bonchev–Trinajstić information content (AvgIpc) is 2.38. The van der Waals surface area contributed by atoms with Crippen molar-refractivity contribution in [1.82, 2.24) is 4.98 Å². The summed E-state index contributed by atoms with van der Waals surface area (Å²) in [5.41, 5.74) is 2.52. The first-order valence-corrected chi connectivity index (χ1v) is 5.23. The molecule has 2 rings (SSSR count). The number of pyridine rings is 1. The Balaban J connectivity index is 2.25. The number of fused-ring (bicyclic) bond motifs is 1. The van der Waals surface area contributed by atoms with E-state index in [9.17, 15) is 4.79 Å². The molecular weight excluding hydrogens is 236 g/mol. The van der Waals surface area contributed by atoms with E-state index in [-0.39, 0.29) is 0 Å². The molecule has 1 aromatic carbocycles. The third kappa shape index (κ3) is 2.67. The van der Waals surface area contributed by atoms with Gasteiger partial charge in [0.1, 0.15) is 5.75 Å². The second-order valence-electron chi connectivity index (χ2n) is 3.53. The Bertz CT molecular complexity index is 571. The number of hydrogen-bond acceptors (Lipinski definition) is 5. The lowest BCUT2D eigenvalue weighted by molar-refractivity contribution is -0.141. The van der Waals surface area contributed by atoms with Crippen molar-refractivity contribution in [2.24, 2.45) is 0 Å². The maximum absolute atomic E-state index is 10.3. The first kappa shape index (κ1) is 12.1. The van der Waals surface area contributed by atoms with Gasteiger partial charge in [0.2, 0.25) is 0 Å². The summed E-state index contributed by atoms with van der Waals surface area (Å²) in [5, 5.41) is 10.2. The molecule has 0 radical (unpaired) electrons. The summed E-state index contributed by atoms with van der Waals surface area (Å²) < 4.78 is 5.12. The molecule has 0 saturated heterocycles. The van der Waals surface area contributed by atoms with E-state index >= 15 is 0 Å². The fourth-order valence-corrected chi connectivity index (χ4v) is 1.53. The number of aliphatic carboxylic acids is 1. The minimum atomic E-state index is -1.05. The van der Waals surface area contributed by atoms with Crippen molar-refractivity contribution in [3.63, 3.8) is 0 Å². The molecule has 0 aliphatic rings. The third-order valence-electron chi connectivity index (χ3n) is 2.34. The molecule has 0 saturated carbocycles. The highest BCUT2D eigenvalue weighted by atomic mass is 16.7. The average molecular weight is 248 g/mol. The van der Waals surface area contributed by atoms with Gasteiger partial charge in [-0.05, 0) is 29.7 Å². The molecule has 0 spiro atoms. The highest BCUT2D eigenvalue weighted by Gasteiger charge is 2.04. The zero-order chi connectivity index (χ0) is 13.0. The van der Waals surface area contributed by atoms with Gasteiger partial charge in [-0.15, -0.1) is 0 Å². The number of benzene rings is 1. The van der Waals surface area contributed by atoms with E-state index in [1.165, 1.54) is 0 Å². The minimum absolute atomic E-state index is 0.436.